The standard InChI is InChI=1S/C7H10ClN3O.C2H6/c1-5(12)9-3-7-6(8)4-11(2)10-7;1-2/h4H,3H2,1-2H3,(H,9,12);1-2H3. The molecule has 1 N–H and O–H groups in total. The Balaban J connectivity index is 0.000000791. The number of carbonyl (C=O) groups excluding carboxylic acids is 1. The maximum atomic E-state index is 10.5. The molecule has 0 saturated heterocycles. The number of halogens is 1. The average Bonchev–Trinajstić information content (AvgIpc) is 2.45. The molecule has 14 heavy (non-hydrogen) atoms. The summed E-state index contributed by atoms with van der Waals surface area (Å²) in [4.78, 5) is 10.5. The first-order valence-corrected chi connectivity index (χ1v) is 4.90. The van der Waals surface area contributed by atoms with E-state index in [1.165, 1.54) is 6.92 Å². The molecule has 0 aliphatic carbocycles. The van der Waals surface area contributed by atoms with Gasteiger partial charge in [-0.1, -0.05) is 25.4 Å². The van der Waals surface area contributed by atoms with Crippen LogP contribution in [0.5, 0.6) is 0 Å². The van der Waals surface area contributed by atoms with Crippen molar-refractivity contribution in [3.63, 3.8) is 0 Å². The van der Waals surface area contributed by atoms with Gasteiger partial charge in [-0.3, -0.25) is 9.48 Å². The lowest BCUT2D eigenvalue weighted by Gasteiger charge is -1.97. The monoisotopic (exact) mass is 217 g/mol. The van der Waals surface area contributed by atoms with E-state index in [0.717, 1.165) is 0 Å². The normalized spacial score (nSPS) is 8.93. The van der Waals surface area contributed by atoms with Gasteiger partial charge in [-0.05, 0) is 0 Å². The van der Waals surface area contributed by atoms with E-state index in [4.69, 9.17) is 11.6 Å². The van der Waals surface area contributed by atoms with Crippen LogP contribution in [-0.4, -0.2) is 15.7 Å². The highest BCUT2D eigenvalue weighted by Gasteiger charge is 2.04. The van der Waals surface area contributed by atoms with E-state index in [-0.39, 0.29) is 5.91 Å². The summed E-state index contributed by atoms with van der Waals surface area (Å²) in [5.74, 6) is -0.0864. The first-order valence-electron chi connectivity index (χ1n) is 4.52. The van der Waals surface area contributed by atoms with Crippen LogP contribution in [-0.2, 0) is 18.4 Å². The van der Waals surface area contributed by atoms with Crippen molar-refractivity contribution in [3.05, 3.63) is 16.9 Å². The molecule has 1 rings (SSSR count). The molecule has 0 fully saturated rings. The Bertz CT molecular complexity index is 296. The highest BCUT2D eigenvalue weighted by molar-refractivity contribution is 6.31. The molecule has 0 aliphatic heterocycles. The van der Waals surface area contributed by atoms with Gasteiger partial charge in [0.1, 0.15) is 5.69 Å². The topological polar surface area (TPSA) is 46.9 Å². The minimum absolute atomic E-state index is 0.0864. The number of aryl methyl sites for hydroxylation is 1. The molecule has 0 bridgehead atoms. The summed E-state index contributed by atoms with van der Waals surface area (Å²) in [5, 5.41) is 7.24. The summed E-state index contributed by atoms with van der Waals surface area (Å²) in [7, 11) is 1.78. The lowest BCUT2D eigenvalue weighted by Crippen LogP contribution is -2.19. The van der Waals surface area contributed by atoms with Crippen molar-refractivity contribution >= 4 is 17.5 Å². The van der Waals surface area contributed by atoms with E-state index < -0.39 is 0 Å². The smallest absolute Gasteiger partial charge is 0.217 e. The van der Waals surface area contributed by atoms with Crippen LogP contribution in [0, 0.1) is 0 Å². The molecular weight excluding hydrogens is 202 g/mol. The third kappa shape index (κ3) is 4.28. The van der Waals surface area contributed by atoms with Gasteiger partial charge < -0.3 is 5.32 Å². The van der Waals surface area contributed by atoms with Crippen molar-refractivity contribution in [2.45, 2.75) is 27.3 Å². The maximum absolute atomic E-state index is 10.5. The molecule has 0 radical (unpaired) electrons. The van der Waals surface area contributed by atoms with Gasteiger partial charge in [0.2, 0.25) is 5.91 Å². The summed E-state index contributed by atoms with van der Waals surface area (Å²) in [6.07, 6.45) is 1.69. The van der Waals surface area contributed by atoms with Crippen LogP contribution in [0.15, 0.2) is 6.20 Å². The summed E-state index contributed by atoms with van der Waals surface area (Å²) >= 11 is 5.79. The van der Waals surface area contributed by atoms with Crippen LogP contribution in [0.1, 0.15) is 26.5 Å². The molecular formula is C9H16ClN3O. The maximum Gasteiger partial charge on any atom is 0.217 e. The minimum atomic E-state index is -0.0864. The summed E-state index contributed by atoms with van der Waals surface area (Å²) in [5.41, 5.74) is 0.689. The molecule has 5 heteroatoms. The molecule has 0 aliphatic rings. The second-order valence-electron chi connectivity index (χ2n) is 2.51. The molecule has 1 aromatic rings. The van der Waals surface area contributed by atoms with Gasteiger partial charge in [0.25, 0.3) is 0 Å². The van der Waals surface area contributed by atoms with E-state index in [0.29, 0.717) is 17.3 Å². The third-order valence-electron chi connectivity index (χ3n) is 1.36. The molecule has 80 valence electrons. The van der Waals surface area contributed by atoms with Gasteiger partial charge in [-0.25, -0.2) is 0 Å². The van der Waals surface area contributed by atoms with Crippen molar-refractivity contribution in [1.29, 1.82) is 0 Å². The van der Waals surface area contributed by atoms with Crippen LogP contribution < -0.4 is 5.32 Å². The first-order chi connectivity index (χ1) is 6.59. The molecule has 0 spiro atoms. The number of rotatable bonds is 2. The lowest BCUT2D eigenvalue weighted by molar-refractivity contribution is -0.119. The zero-order valence-electron chi connectivity index (χ0n) is 8.97. The Labute approximate surface area is 89.2 Å². The molecule has 0 aromatic carbocycles. The van der Waals surface area contributed by atoms with Crippen LogP contribution >= 0.6 is 11.6 Å². The highest BCUT2D eigenvalue weighted by atomic mass is 35.5. The SMILES string of the molecule is CC.CC(=O)NCc1nn(C)cc1Cl. The van der Waals surface area contributed by atoms with E-state index in [1.807, 2.05) is 13.8 Å². The van der Waals surface area contributed by atoms with Crippen LogP contribution in [0.2, 0.25) is 5.02 Å². The van der Waals surface area contributed by atoms with E-state index in [1.54, 1.807) is 17.9 Å². The average molecular weight is 218 g/mol. The second-order valence-corrected chi connectivity index (χ2v) is 2.91. The largest absolute Gasteiger partial charge is 0.351 e. The summed E-state index contributed by atoms with van der Waals surface area (Å²) < 4.78 is 1.61. The number of hydrogen-bond donors (Lipinski definition) is 1. The van der Waals surface area contributed by atoms with Gasteiger partial charge in [0, 0.05) is 20.2 Å². The molecule has 0 atom stereocenters. The van der Waals surface area contributed by atoms with Gasteiger partial charge in [-0.2, -0.15) is 5.10 Å². The molecule has 0 unspecified atom stereocenters. The number of aromatic nitrogens is 2. The molecule has 4 nitrogen and oxygen atoms in total. The predicted octanol–water partition coefficient (Wildman–Crippen LogP) is 1.74. The molecule has 0 saturated carbocycles. The van der Waals surface area contributed by atoms with E-state index in [9.17, 15) is 4.79 Å². The number of nitrogens with zero attached hydrogens (tertiary/aromatic N) is 2. The number of hydrogen-bond acceptors (Lipinski definition) is 2. The van der Waals surface area contributed by atoms with Gasteiger partial charge >= 0.3 is 0 Å². The van der Waals surface area contributed by atoms with Crippen molar-refractivity contribution in [2.24, 2.45) is 7.05 Å². The molecule has 1 aromatic heterocycles. The fourth-order valence-electron chi connectivity index (χ4n) is 0.834. The fourth-order valence-corrected chi connectivity index (χ4v) is 1.08. The van der Waals surface area contributed by atoms with Crippen LogP contribution in [0.25, 0.3) is 0 Å². The summed E-state index contributed by atoms with van der Waals surface area (Å²) in [6.45, 7) is 5.84. The highest BCUT2D eigenvalue weighted by Crippen LogP contribution is 2.12. The van der Waals surface area contributed by atoms with Crippen molar-refractivity contribution in [1.82, 2.24) is 15.1 Å². The number of amides is 1. The fraction of sp³-hybridized carbons (Fsp3) is 0.556. The lowest BCUT2D eigenvalue weighted by atomic mass is 10.4. The van der Waals surface area contributed by atoms with Crippen molar-refractivity contribution in [3.8, 4) is 0 Å². The molecule has 1 heterocycles. The Morgan fingerprint density at radius 1 is 1.64 bits per heavy atom. The summed E-state index contributed by atoms with van der Waals surface area (Å²) in [6, 6.07) is 0. The van der Waals surface area contributed by atoms with Gasteiger partial charge in [-0.15, -0.1) is 0 Å². The van der Waals surface area contributed by atoms with Crippen LogP contribution in [0.3, 0.4) is 0 Å². The van der Waals surface area contributed by atoms with E-state index >= 15 is 0 Å². The molecule has 1 amide bonds. The van der Waals surface area contributed by atoms with Crippen molar-refractivity contribution in [2.75, 3.05) is 0 Å². The number of carbonyl (C=O) groups is 1. The second kappa shape index (κ2) is 6.43. The Kier molecular flexibility index (Phi) is 5.95. The third-order valence-corrected chi connectivity index (χ3v) is 1.67. The Hall–Kier alpha value is -1.03. The quantitative estimate of drug-likeness (QED) is 0.820. The van der Waals surface area contributed by atoms with Gasteiger partial charge in [0.05, 0.1) is 11.6 Å². The zero-order chi connectivity index (χ0) is 11.1. The Morgan fingerprint density at radius 2 is 2.21 bits per heavy atom. The zero-order valence-corrected chi connectivity index (χ0v) is 9.72. The van der Waals surface area contributed by atoms with Gasteiger partial charge in [0.15, 0.2) is 0 Å². The minimum Gasteiger partial charge on any atom is -0.351 e. The predicted molar refractivity (Wildman–Crippen MR) is 57.1 cm³/mol. The van der Waals surface area contributed by atoms with Crippen LogP contribution in [0.4, 0.5) is 0 Å². The first kappa shape index (κ1) is 13.0. The van der Waals surface area contributed by atoms with Crippen molar-refractivity contribution < 1.29 is 4.79 Å². The number of nitrogens with one attached hydrogen (secondary N) is 1. The Morgan fingerprint density at radius 3 is 2.57 bits per heavy atom. The van der Waals surface area contributed by atoms with E-state index in [2.05, 4.69) is 10.4 Å².